The Bertz CT molecular complexity index is 1090. The molecular weight excluding hydrogens is 458 g/mol. The van der Waals surface area contributed by atoms with Crippen molar-refractivity contribution >= 4 is 40.8 Å². The highest BCUT2D eigenvalue weighted by Crippen LogP contribution is 2.36. The molecule has 2 aliphatic rings. The van der Waals surface area contributed by atoms with Gasteiger partial charge in [0, 0.05) is 42.8 Å². The summed E-state index contributed by atoms with van der Waals surface area (Å²) in [6, 6.07) is 3.45. The Kier molecular flexibility index (Phi) is 7.06. The molecule has 34 heavy (non-hydrogen) atoms. The predicted molar refractivity (Wildman–Crippen MR) is 133 cm³/mol. The van der Waals surface area contributed by atoms with E-state index in [0.29, 0.717) is 18.8 Å². The van der Waals surface area contributed by atoms with Crippen molar-refractivity contribution in [3.8, 4) is 0 Å². The largest absolute Gasteiger partial charge is 0.362 e. The predicted octanol–water partition coefficient (Wildman–Crippen LogP) is 4.29. The molecule has 0 spiro atoms. The first kappa shape index (κ1) is 24.0. The molecule has 3 N–H and O–H groups in total. The molecule has 2 aliphatic carbocycles. The summed E-state index contributed by atoms with van der Waals surface area (Å²) in [5.74, 6) is 1.60. The summed E-state index contributed by atoms with van der Waals surface area (Å²) in [7, 11) is 4.00. The van der Waals surface area contributed by atoms with Crippen LogP contribution in [-0.4, -0.2) is 47.1 Å². The number of nitrogens with zero attached hydrogens (tertiary/aromatic N) is 5. The number of nitro groups is 1. The molecule has 182 valence electrons. The fourth-order valence-electron chi connectivity index (χ4n) is 5.01. The summed E-state index contributed by atoms with van der Waals surface area (Å²) in [5.41, 5.74) is 7.97. The number of anilines is 3. The van der Waals surface area contributed by atoms with Crippen molar-refractivity contribution < 1.29 is 9.72 Å². The lowest BCUT2D eigenvalue weighted by Gasteiger charge is -2.36. The van der Waals surface area contributed by atoms with Crippen LogP contribution in [0.2, 0.25) is 5.02 Å². The smallest absolute Gasteiger partial charge is 0.319 e. The van der Waals surface area contributed by atoms with Crippen LogP contribution in [0, 0.1) is 10.1 Å². The van der Waals surface area contributed by atoms with Gasteiger partial charge in [-0.15, -0.1) is 0 Å². The van der Waals surface area contributed by atoms with Crippen molar-refractivity contribution in [1.29, 1.82) is 0 Å². The first-order valence-electron chi connectivity index (χ1n) is 11.6. The highest BCUT2D eigenvalue weighted by atomic mass is 35.5. The first-order chi connectivity index (χ1) is 16.2. The molecule has 1 fully saturated rings. The van der Waals surface area contributed by atoms with E-state index in [1.54, 1.807) is 0 Å². The summed E-state index contributed by atoms with van der Waals surface area (Å²) < 4.78 is 0. The minimum atomic E-state index is -0.713. The van der Waals surface area contributed by atoms with Gasteiger partial charge in [-0.1, -0.05) is 11.6 Å². The Hall–Kier alpha value is -3.14. The molecule has 11 heteroatoms. The van der Waals surface area contributed by atoms with Crippen LogP contribution in [0.1, 0.15) is 49.8 Å². The van der Waals surface area contributed by atoms with Crippen LogP contribution in [0.25, 0.3) is 0 Å². The quantitative estimate of drug-likeness (QED) is 0.459. The fourth-order valence-corrected chi connectivity index (χ4v) is 5.18. The van der Waals surface area contributed by atoms with Gasteiger partial charge in [-0.05, 0) is 63.5 Å². The zero-order valence-electron chi connectivity index (χ0n) is 19.5. The number of benzene rings is 1. The second kappa shape index (κ2) is 10.0. The van der Waals surface area contributed by atoms with E-state index in [4.69, 9.17) is 27.3 Å². The number of hydrogen-bond acceptors (Lipinski definition) is 7. The molecule has 0 saturated heterocycles. The monoisotopic (exact) mass is 487 g/mol. The number of carbonyl (C=O) groups is 1. The third-order valence-electron chi connectivity index (χ3n) is 6.61. The SMILES string of the molecule is CN(C)c1nc(N[C@H]2CC[C@@H](N(C(N)=O)c3ccc(Cl)cc3[N+](=O)[O-])CC2)nc2c1CCCC2. The number of rotatable bonds is 6. The van der Waals surface area contributed by atoms with E-state index >= 15 is 0 Å². The number of amides is 2. The molecule has 1 saturated carbocycles. The summed E-state index contributed by atoms with van der Waals surface area (Å²) in [6.45, 7) is 0. The zero-order valence-corrected chi connectivity index (χ0v) is 20.2. The third-order valence-corrected chi connectivity index (χ3v) is 6.85. The number of carbonyl (C=O) groups excluding carboxylic acids is 1. The molecule has 0 aliphatic heterocycles. The second-order valence-corrected chi connectivity index (χ2v) is 9.58. The summed E-state index contributed by atoms with van der Waals surface area (Å²) >= 11 is 5.94. The van der Waals surface area contributed by atoms with Crippen LogP contribution < -0.4 is 20.9 Å². The lowest BCUT2D eigenvalue weighted by molar-refractivity contribution is -0.384. The number of halogens is 1. The highest BCUT2D eigenvalue weighted by Gasteiger charge is 2.33. The molecule has 0 atom stereocenters. The average Bonchev–Trinajstić information content (AvgIpc) is 2.80. The van der Waals surface area contributed by atoms with E-state index < -0.39 is 11.0 Å². The zero-order chi connectivity index (χ0) is 24.4. The maximum Gasteiger partial charge on any atom is 0.319 e. The maximum atomic E-state index is 12.3. The third kappa shape index (κ3) is 5.01. The molecule has 2 aromatic rings. The van der Waals surface area contributed by atoms with Crippen molar-refractivity contribution in [2.24, 2.45) is 5.73 Å². The molecular formula is C23H30ClN7O3. The second-order valence-electron chi connectivity index (χ2n) is 9.15. The van der Waals surface area contributed by atoms with Gasteiger partial charge in [-0.3, -0.25) is 15.0 Å². The molecule has 1 aromatic heterocycles. The van der Waals surface area contributed by atoms with Crippen LogP contribution in [0.15, 0.2) is 18.2 Å². The number of nitro benzene ring substituents is 1. The molecule has 0 radical (unpaired) electrons. The van der Waals surface area contributed by atoms with Crippen molar-refractivity contribution in [2.45, 2.75) is 63.5 Å². The van der Waals surface area contributed by atoms with E-state index in [0.717, 1.165) is 50.0 Å². The molecule has 4 rings (SSSR count). The van der Waals surface area contributed by atoms with Gasteiger partial charge in [-0.25, -0.2) is 9.78 Å². The summed E-state index contributed by atoms with van der Waals surface area (Å²) in [5, 5.41) is 15.3. The lowest BCUT2D eigenvalue weighted by atomic mass is 9.90. The Balaban J connectivity index is 1.48. The van der Waals surface area contributed by atoms with Gasteiger partial charge >= 0.3 is 6.03 Å². The molecule has 1 aromatic carbocycles. The number of hydrogen-bond donors (Lipinski definition) is 2. The number of primary amides is 1. The van der Waals surface area contributed by atoms with Crippen LogP contribution in [0.5, 0.6) is 0 Å². The van der Waals surface area contributed by atoms with Gasteiger partial charge in [0.25, 0.3) is 5.69 Å². The lowest BCUT2D eigenvalue weighted by Crippen LogP contribution is -2.47. The number of urea groups is 1. The Labute approximate surface area is 203 Å². The first-order valence-corrected chi connectivity index (χ1v) is 12.0. The van der Waals surface area contributed by atoms with Crippen molar-refractivity contribution in [2.75, 3.05) is 29.2 Å². The fraction of sp³-hybridized carbons (Fsp3) is 0.522. The highest BCUT2D eigenvalue weighted by molar-refractivity contribution is 6.31. The van der Waals surface area contributed by atoms with E-state index in [-0.39, 0.29) is 28.5 Å². The minimum Gasteiger partial charge on any atom is -0.362 e. The normalized spacial score (nSPS) is 19.7. The van der Waals surface area contributed by atoms with Crippen LogP contribution in [-0.2, 0) is 12.8 Å². The van der Waals surface area contributed by atoms with Crippen LogP contribution in [0.4, 0.5) is 27.9 Å². The van der Waals surface area contributed by atoms with Gasteiger partial charge in [0.1, 0.15) is 11.5 Å². The molecule has 10 nitrogen and oxygen atoms in total. The molecule has 0 unspecified atom stereocenters. The molecule has 2 amide bonds. The number of aromatic nitrogens is 2. The summed E-state index contributed by atoms with van der Waals surface area (Å²) in [4.78, 5) is 36.3. The number of fused-ring (bicyclic) bond motifs is 1. The van der Waals surface area contributed by atoms with Gasteiger partial charge in [0.15, 0.2) is 0 Å². The number of nitrogens with two attached hydrogens (primary N) is 1. The van der Waals surface area contributed by atoms with Gasteiger partial charge in [-0.2, -0.15) is 4.98 Å². The van der Waals surface area contributed by atoms with Crippen LogP contribution in [0.3, 0.4) is 0 Å². The van der Waals surface area contributed by atoms with E-state index in [2.05, 4.69) is 5.32 Å². The Morgan fingerprint density at radius 1 is 1.18 bits per heavy atom. The topological polar surface area (TPSA) is 131 Å². The van der Waals surface area contributed by atoms with Gasteiger partial charge in [0.2, 0.25) is 5.95 Å². The van der Waals surface area contributed by atoms with Crippen molar-refractivity contribution in [3.05, 3.63) is 44.6 Å². The molecule has 0 bridgehead atoms. The van der Waals surface area contributed by atoms with Gasteiger partial charge < -0.3 is 16.0 Å². The van der Waals surface area contributed by atoms with E-state index in [9.17, 15) is 14.9 Å². The van der Waals surface area contributed by atoms with Gasteiger partial charge in [0.05, 0.1) is 10.6 Å². The van der Waals surface area contributed by atoms with E-state index in [1.807, 2.05) is 19.0 Å². The standard InChI is InChI=1S/C23H30ClN7O3/c1-29(2)21-17-5-3-4-6-18(17)27-23(28-21)26-15-8-10-16(11-9-15)30(22(25)32)19-12-7-14(24)13-20(19)31(33)34/h7,12-13,15-16H,3-6,8-11H2,1-2H3,(H2,25,32)(H,26,27,28)/t15-,16+. The Morgan fingerprint density at radius 3 is 2.53 bits per heavy atom. The minimum absolute atomic E-state index is 0.142. The molecule has 1 heterocycles. The summed E-state index contributed by atoms with van der Waals surface area (Å²) in [6.07, 6.45) is 7.08. The van der Waals surface area contributed by atoms with Crippen LogP contribution >= 0.6 is 11.6 Å². The Morgan fingerprint density at radius 2 is 1.88 bits per heavy atom. The van der Waals surface area contributed by atoms with E-state index in [1.165, 1.54) is 28.7 Å². The number of nitrogens with one attached hydrogen (secondary N) is 1. The maximum absolute atomic E-state index is 12.3. The number of aryl methyl sites for hydroxylation is 1. The average molecular weight is 488 g/mol. The van der Waals surface area contributed by atoms with Crippen molar-refractivity contribution in [3.63, 3.8) is 0 Å². The van der Waals surface area contributed by atoms with Crippen molar-refractivity contribution in [1.82, 2.24) is 9.97 Å².